The second-order valence-electron chi connectivity index (χ2n) is 5.09. The zero-order valence-corrected chi connectivity index (χ0v) is 20.1. The number of hydrogen-bond acceptors (Lipinski definition) is 4. The van der Waals surface area contributed by atoms with Crippen molar-refractivity contribution in [3.05, 3.63) is 21.1 Å². The molecule has 0 N–H and O–H groups in total. The van der Waals surface area contributed by atoms with E-state index in [4.69, 9.17) is 24.1 Å². The summed E-state index contributed by atoms with van der Waals surface area (Å²) in [4.78, 5) is 2.66. The molecule has 2 nitrogen and oxygen atoms in total. The molecule has 0 saturated carbocycles. The van der Waals surface area contributed by atoms with E-state index in [2.05, 4.69) is 50.7 Å². The zero-order chi connectivity index (χ0) is 15.9. The van der Waals surface area contributed by atoms with Crippen molar-refractivity contribution in [3.63, 3.8) is 0 Å². The second kappa shape index (κ2) is 7.91. The van der Waals surface area contributed by atoms with Crippen LogP contribution in [0.4, 0.5) is 0 Å². The molecule has 0 unspecified atom stereocenters. The minimum atomic E-state index is -2.14. The summed E-state index contributed by atoms with van der Waals surface area (Å²) in [5.74, 6) is 0. The molecule has 0 amide bonds. The largest absolute Gasteiger partial charge is 1.00 e. The monoisotopic (exact) mass is 504 g/mol. The Hall–Kier alpha value is 0.990. The first-order chi connectivity index (χ1) is 9.75. The van der Waals surface area contributed by atoms with E-state index in [-0.39, 0.29) is 24.0 Å². The van der Waals surface area contributed by atoms with Crippen molar-refractivity contribution in [1.82, 2.24) is 0 Å². The number of aromatic nitrogens is 2. The average molecular weight is 504 g/mol. The molecule has 2 aromatic heterocycles. The maximum Gasteiger partial charge on any atom is 0.255 e. The van der Waals surface area contributed by atoms with Gasteiger partial charge in [-0.25, -0.2) is 0 Å². The summed E-state index contributed by atoms with van der Waals surface area (Å²) in [6.07, 6.45) is 0. The Morgan fingerprint density at radius 3 is 1.50 bits per heavy atom. The lowest BCUT2D eigenvalue weighted by Crippen LogP contribution is -3.00. The lowest BCUT2D eigenvalue weighted by molar-refractivity contribution is -0.681. The van der Waals surface area contributed by atoms with Gasteiger partial charge in [0.1, 0.15) is 13.1 Å². The van der Waals surface area contributed by atoms with Gasteiger partial charge in [0.2, 0.25) is 0 Å². The Balaban J connectivity index is 0.00000242. The van der Waals surface area contributed by atoms with Crippen molar-refractivity contribution in [3.8, 4) is 0 Å². The van der Waals surface area contributed by atoms with Crippen molar-refractivity contribution in [2.24, 2.45) is 0 Å². The van der Waals surface area contributed by atoms with Gasteiger partial charge < -0.3 is 36.2 Å². The van der Waals surface area contributed by atoms with E-state index < -0.39 is 5.24 Å². The highest BCUT2D eigenvalue weighted by atomic mass is 127. The van der Waals surface area contributed by atoms with Crippen LogP contribution in [0.15, 0.2) is 0 Å². The number of hydrogen-bond donors (Lipinski definition) is 0. The molecule has 0 fully saturated rings. The van der Waals surface area contributed by atoms with E-state index in [9.17, 15) is 0 Å². The van der Waals surface area contributed by atoms with E-state index >= 15 is 0 Å². The van der Waals surface area contributed by atoms with Crippen LogP contribution in [0.25, 0.3) is 0 Å². The molecule has 0 atom stereocenters. The second-order valence-corrected chi connectivity index (χ2v) is 14.0. The van der Waals surface area contributed by atoms with Crippen molar-refractivity contribution in [1.29, 1.82) is 0 Å². The van der Waals surface area contributed by atoms with Gasteiger partial charge in [0, 0.05) is 19.1 Å². The van der Waals surface area contributed by atoms with Crippen LogP contribution in [0, 0.1) is 27.7 Å². The van der Waals surface area contributed by atoms with Gasteiger partial charge in [-0.15, -0.1) is 0 Å². The maximum atomic E-state index is 6.04. The molecule has 22 heavy (non-hydrogen) atoms. The summed E-state index contributed by atoms with van der Waals surface area (Å²) in [5.41, 5.74) is 2.62. The predicted molar refractivity (Wildman–Crippen MR) is 100 cm³/mol. The Kier molecular flexibility index (Phi) is 7.57. The maximum absolute atomic E-state index is 6.04. The van der Waals surface area contributed by atoms with Gasteiger partial charge >= 0.3 is 0 Å². The van der Waals surface area contributed by atoms with Gasteiger partial charge in [-0.1, -0.05) is 34.5 Å². The summed E-state index contributed by atoms with van der Waals surface area (Å²) < 4.78 is 7.10. The predicted octanol–water partition coefficient (Wildman–Crippen LogP) is -0.446. The minimum Gasteiger partial charge on any atom is -1.00 e. The number of aryl methyl sites for hydroxylation is 2. The van der Waals surface area contributed by atoms with Crippen LogP contribution in [0.1, 0.15) is 35.0 Å². The molecule has 2 heterocycles. The standard InChI is InChI=1S/C14H22N2PS4.HI/c1-7-15-9(3)11(5)20-13(15)17(18,19)14-16(8-2)10(4)12(6)21-14;/h7-8H2,1-6H3;1H/q+1;/p-1. The molecule has 0 aliphatic heterocycles. The number of rotatable bonds is 4. The minimum absolute atomic E-state index is 0. The fourth-order valence-electron chi connectivity index (χ4n) is 2.46. The van der Waals surface area contributed by atoms with E-state index in [0.29, 0.717) is 0 Å². The van der Waals surface area contributed by atoms with Crippen LogP contribution in [-0.2, 0) is 37.1 Å². The summed E-state index contributed by atoms with van der Waals surface area (Å²) in [7, 11) is 0. The van der Waals surface area contributed by atoms with E-state index in [1.54, 1.807) is 22.7 Å². The normalized spacial score (nSPS) is 11.6. The first-order valence-electron chi connectivity index (χ1n) is 7.07. The van der Waals surface area contributed by atoms with E-state index in [1.807, 2.05) is 0 Å². The molecule has 0 aliphatic carbocycles. The van der Waals surface area contributed by atoms with Crippen LogP contribution >= 0.6 is 27.9 Å². The molecular formula is C14H22IN2PS4. The molecular weight excluding hydrogens is 482 g/mol. The fraction of sp³-hybridized carbons (Fsp3) is 0.571. The van der Waals surface area contributed by atoms with E-state index in [0.717, 1.165) is 13.1 Å². The Bertz CT molecular complexity index is 678. The van der Waals surface area contributed by atoms with Gasteiger partial charge in [-0.05, 0) is 27.7 Å². The smallest absolute Gasteiger partial charge is 0.255 e. The van der Waals surface area contributed by atoms with Crippen molar-refractivity contribution >= 4 is 61.5 Å². The molecule has 0 spiro atoms. The van der Waals surface area contributed by atoms with E-state index in [1.165, 1.54) is 30.6 Å². The quantitative estimate of drug-likeness (QED) is 0.241. The third-order valence-electron chi connectivity index (χ3n) is 3.92. The van der Waals surface area contributed by atoms with Gasteiger partial charge in [-0.3, -0.25) is 0 Å². The average Bonchev–Trinajstić information content (AvgIpc) is 2.89. The summed E-state index contributed by atoms with van der Waals surface area (Å²) >= 11 is 15.7. The third kappa shape index (κ3) is 3.49. The highest BCUT2D eigenvalue weighted by Crippen LogP contribution is 2.43. The van der Waals surface area contributed by atoms with Gasteiger partial charge in [0.05, 0.1) is 9.75 Å². The van der Waals surface area contributed by atoms with Crippen LogP contribution in [0.2, 0.25) is 0 Å². The molecule has 0 bridgehead atoms. The summed E-state index contributed by atoms with van der Waals surface area (Å²) in [6, 6.07) is 0. The lowest BCUT2D eigenvalue weighted by atomic mass is 10.4. The third-order valence-corrected chi connectivity index (χ3v) is 13.1. The van der Waals surface area contributed by atoms with Crippen molar-refractivity contribution < 1.29 is 33.1 Å². The molecule has 0 aliphatic rings. The van der Waals surface area contributed by atoms with Crippen LogP contribution < -0.4 is 42.6 Å². The lowest BCUT2D eigenvalue weighted by Gasteiger charge is -2.19. The van der Waals surface area contributed by atoms with Crippen LogP contribution in [-0.4, -0.2) is 0 Å². The van der Waals surface area contributed by atoms with Crippen molar-refractivity contribution in [2.45, 2.75) is 54.6 Å². The number of halogens is 1. The first kappa shape index (κ1) is 21.0. The molecule has 2 aromatic rings. The Morgan fingerprint density at radius 2 is 1.23 bits per heavy atom. The molecule has 0 radical (unpaired) electrons. The highest BCUT2D eigenvalue weighted by molar-refractivity contribution is 8.61. The topological polar surface area (TPSA) is 7.76 Å². The molecule has 2 rings (SSSR count). The SMILES string of the molecule is CC[n+]1c(P(=S)([S-])c2sc(C)c(C)[n+]2CC)sc(C)c1C.[I-]. The number of thiazole rings is 2. The van der Waals surface area contributed by atoms with Crippen LogP contribution in [0.3, 0.4) is 0 Å². The fourth-order valence-corrected chi connectivity index (χ4v) is 10.7. The summed E-state index contributed by atoms with van der Waals surface area (Å²) in [5, 5.41) is -2.14. The molecule has 0 aromatic carbocycles. The van der Waals surface area contributed by atoms with Crippen molar-refractivity contribution in [2.75, 3.05) is 0 Å². The zero-order valence-electron chi connectivity index (χ0n) is 13.8. The Labute approximate surface area is 169 Å². The van der Waals surface area contributed by atoms with Gasteiger partial charge in [-0.2, -0.15) is 9.13 Å². The first-order valence-corrected chi connectivity index (χ1v) is 12.5. The van der Waals surface area contributed by atoms with Gasteiger partial charge in [0.15, 0.2) is 11.4 Å². The van der Waals surface area contributed by atoms with Gasteiger partial charge in [0.25, 0.3) is 9.50 Å². The molecule has 124 valence electrons. The Morgan fingerprint density at radius 1 is 0.909 bits per heavy atom. The highest BCUT2D eigenvalue weighted by Gasteiger charge is 2.34. The van der Waals surface area contributed by atoms with Crippen LogP contribution in [0.5, 0.6) is 0 Å². The molecule has 0 saturated heterocycles. The number of nitrogens with zero attached hydrogens (tertiary/aromatic N) is 2. The molecule has 8 heteroatoms. The summed E-state index contributed by atoms with van der Waals surface area (Å²) in [6.45, 7) is 14.9.